The van der Waals surface area contributed by atoms with Crippen LogP contribution < -0.4 is 10.6 Å². The molecule has 7 nitrogen and oxygen atoms in total. The summed E-state index contributed by atoms with van der Waals surface area (Å²) in [6.45, 7) is 5.19. The van der Waals surface area contributed by atoms with Gasteiger partial charge in [0.1, 0.15) is 0 Å². The lowest BCUT2D eigenvalue weighted by Gasteiger charge is -2.34. The number of aromatic nitrogens is 2. The second kappa shape index (κ2) is 9.14. The van der Waals surface area contributed by atoms with Gasteiger partial charge in [0.2, 0.25) is 0 Å². The van der Waals surface area contributed by atoms with E-state index >= 15 is 0 Å². The number of rotatable bonds is 6. The molecule has 1 unspecified atom stereocenters. The second-order valence-corrected chi connectivity index (χ2v) is 7.28. The number of carbonyl (C=O) groups excluding carboxylic acids is 1. The lowest BCUT2D eigenvalue weighted by molar-refractivity contribution is 0.153. The van der Waals surface area contributed by atoms with Crippen molar-refractivity contribution in [2.75, 3.05) is 19.6 Å². The van der Waals surface area contributed by atoms with E-state index in [-0.39, 0.29) is 12.6 Å². The van der Waals surface area contributed by atoms with Crippen LogP contribution in [0.5, 0.6) is 0 Å². The van der Waals surface area contributed by atoms with Gasteiger partial charge in [0, 0.05) is 22.6 Å². The largest absolute Gasteiger partial charge is 0.337 e. The number of hydrogen-bond donors (Lipinski definition) is 2. The average molecular weight is 422 g/mol. The number of halogens is 1. The van der Waals surface area contributed by atoms with Crippen molar-refractivity contribution in [1.29, 1.82) is 0 Å². The molecular weight excluding hydrogens is 398 g/mol. The molecule has 2 heterocycles. The maximum atomic E-state index is 12.0. The Morgan fingerprint density at radius 1 is 1.38 bits per heavy atom. The normalized spacial score (nSPS) is 17.8. The van der Waals surface area contributed by atoms with E-state index in [1.807, 2.05) is 24.3 Å². The number of urea groups is 1. The second-order valence-electron chi connectivity index (χ2n) is 6.37. The molecule has 3 rings (SSSR count). The van der Waals surface area contributed by atoms with Crippen LogP contribution in [0.15, 0.2) is 33.3 Å². The fourth-order valence-electron chi connectivity index (χ4n) is 3.20. The van der Waals surface area contributed by atoms with E-state index in [0.717, 1.165) is 29.5 Å². The number of nitrogens with one attached hydrogen (secondary N) is 2. The smallest absolute Gasteiger partial charge is 0.315 e. The van der Waals surface area contributed by atoms with Gasteiger partial charge < -0.3 is 15.2 Å². The minimum Gasteiger partial charge on any atom is -0.337 e. The molecule has 1 aromatic heterocycles. The van der Waals surface area contributed by atoms with E-state index in [2.05, 4.69) is 48.5 Å². The number of hydrogen-bond acceptors (Lipinski definition) is 5. The summed E-state index contributed by atoms with van der Waals surface area (Å²) >= 11 is 3.42. The zero-order valence-corrected chi connectivity index (χ0v) is 16.5. The maximum absolute atomic E-state index is 12.0. The Bertz CT molecular complexity index is 736. The summed E-state index contributed by atoms with van der Waals surface area (Å²) in [7, 11) is 0. The fraction of sp³-hybridized carbons (Fsp3) is 0.500. The Morgan fingerprint density at radius 3 is 3.08 bits per heavy atom. The van der Waals surface area contributed by atoms with Crippen molar-refractivity contribution in [3.63, 3.8) is 0 Å². The van der Waals surface area contributed by atoms with E-state index in [1.165, 1.54) is 12.8 Å². The topological polar surface area (TPSA) is 83.3 Å². The molecule has 1 fully saturated rings. The number of piperidine rings is 1. The number of likely N-dealkylation sites (N-methyl/N-ethyl adjacent to an activating group) is 1. The zero-order chi connectivity index (χ0) is 18.4. The first-order valence-electron chi connectivity index (χ1n) is 9.00. The highest BCUT2D eigenvalue weighted by atomic mass is 79.9. The minimum absolute atomic E-state index is 0.208. The molecule has 0 bridgehead atoms. The molecule has 140 valence electrons. The molecule has 1 aromatic carbocycles. The number of carbonyl (C=O) groups is 1. The third-order valence-corrected chi connectivity index (χ3v) is 5.09. The van der Waals surface area contributed by atoms with Crippen LogP contribution >= 0.6 is 15.9 Å². The molecule has 8 heteroatoms. The molecule has 0 saturated carbocycles. The number of likely N-dealkylation sites (tertiary alicyclic amines) is 1. The predicted molar refractivity (Wildman–Crippen MR) is 103 cm³/mol. The SMILES string of the molecule is CCN1CCCCC1CNC(=O)NCc1noc(-c2cccc(Br)c2)n1. The molecule has 2 N–H and O–H groups in total. The van der Waals surface area contributed by atoms with Crippen molar-refractivity contribution in [1.82, 2.24) is 25.7 Å². The van der Waals surface area contributed by atoms with Crippen LogP contribution in [-0.4, -0.2) is 46.7 Å². The summed E-state index contributed by atoms with van der Waals surface area (Å²) < 4.78 is 6.20. The fourth-order valence-corrected chi connectivity index (χ4v) is 3.60. The van der Waals surface area contributed by atoms with Gasteiger partial charge in [-0.25, -0.2) is 4.79 Å². The summed E-state index contributed by atoms with van der Waals surface area (Å²) in [5.74, 6) is 0.882. The van der Waals surface area contributed by atoms with Gasteiger partial charge in [-0.05, 0) is 44.1 Å². The highest BCUT2D eigenvalue weighted by molar-refractivity contribution is 9.10. The molecular formula is C18H24BrN5O2. The third-order valence-electron chi connectivity index (χ3n) is 4.60. The summed E-state index contributed by atoms with van der Waals surface area (Å²) in [5.41, 5.74) is 0.833. The summed E-state index contributed by atoms with van der Waals surface area (Å²) in [6, 6.07) is 7.85. The average Bonchev–Trinajstić information content (AvgIpc) is 3.14. The zero-order valence-electron chi connectivity index (χ0n) is 14.9. The number of benzene rings is 1. The van der Waals surface area contributed by atoms with Crippen LogP contribution in [0.1, 0.15) is 32.0 Å². The Labute approximate surface area is 161 Å². The van der Waals surface area contributed by atoms with Crippen molar-refractivity contribution in [2.45, 2.75) is 38.8 Å². The van der Waals surface area contributed by atoms with Crippen molar-refractivity contribution >= 4 is 22.0 Å². The molecule has 2 aromatic rings. The maximum Gasteiger partial charge on any atom is 0.315 e. The first-order chi connectivity index (χ1) is 12.7. The Balaban J connectivity index is 1.46. The lowest BCUT2D eigenvalue weighted by atomic mass is 10.0. The highest BCUT2D eigenvalue weighted by Gasteiger charge is 2.21. The molecule has 1 saturated heterocycles. The number of nitrogens with zero attached hydrogens (tertiary/aromatic N) is 3. The Hall–Kier alpha value is -1.93. The van der Waals surface area contributed by atoms with Gasteiger partial charge in [-0.15, -0.1) is 0 Å². The van der Waals surface area contributed by atoms with Crippen LogP contribution in [0.3, 0.4) is 0 Å². The molecule has 26 heavy (non-hydrogen) atoms. The highest BCUT2D eigenvalue weighted by Crippen LogP contribution is 2.21. The van der Waals surface area contributed by atoms with Crippen molar-refractivity contribution < 1.29 is 9.32 Å². The molecule has 0 spiro atoms. The van der Waals surface area contributed by atoms with Crippen molar-refractivity contribution in [2.24, 2.45) is 0 Å². The number of amides is 2. The van der Waals surface area contributed by atoms with Gasteiger partial charge in [0.15, 0.2) is 5.82 Å². The van der Waals surface area contributed by atoms with E-state index in [0.29, 0.717) is 24.3 Å². The van der Waals surface area contributed by atoms with Gasteiger partial charge in [0.25, 0.3) is 5.89 Å². The third kappa shape index (κ3) is 5.04. The van der Waals surface area contributed by atoms with Crippen LogP contribution in [0.25, 0.3) is 11.5 Å². The summed E-state index contributed by atoms with van der Waals surface area (Å²) in [6.07, 6.45) is 3.61. The van der Waals surface area contributed by atoms with Crippen molar-refractivity contribution in [3.05, 3.63) is 34.6 Å². The van der Waals surface area contributed by atoms with Crippen LogP contribution in [-0.2, 0) is 6.54 Å². The van der Waals surface area contributed by atoms with Crippen molar-refractivity contribution in [3.8, 4) is 11.5 Å². The summed E-state index contributed by atoms with van der Waals surface area (Å²) in [4.78, 5) is 18.8. The Morgan fingerprint density at radius 2 is 2.27 bits per heavy atom. The van der Waals surface area contributed by atoms with E-state index in [9.17, 15) is 4.79 Å². The quantitative estimate of drug-likeness (QED) is 0.747. The minimum atomic E-state index is -0.208. The molecule has 2 amide bonds. The predicted octanol–water partition coefficient (Wildman–Crippen LogP) is 3.17. The lowest BCUT2D eigenvalue weighted by Crippen LogP contribution is -2.48. The van der Waals surface area contributed by atoms with Crippen LogP contribution in [0, 0.1) is 0 Å². The van der Waals surface area contributed by atoms with Gasteiger partial charge in [-0.2, -0.15) is 4.98 Å². The van der Waals surface area contributed by atoms with Gasteiger partial charge in [-0.3, -0.25) is 4.90 Å². The Kier molecular flexibility index (Phi) is 6.62. The standard InChI is InChI=1S/C18H24BrN5O2/c1-2-24-9-4-3-8-15(24)11-20-18(25)21-12-16-22-17(26-23-16)13-6-5-7-14(19)10-13/h5-7,10,15H,2-4,8-9,11-12H2,1H3,(H2,20,21,25). The van der Waals surface area contributed by atoms with E-state index < -0.39 is 0 Å². The van der Waals surface area contributed by atoms with Crippen LogP contribution in [0.4, 0.5) is 4.79 Å². The molecule has 1 atom stereocenters. The first kappa shape index (κ1) is 18.8. The van der Waals surface area contributed by atoms with Gasteiger partial charge >= 0.3 is 6.03 Å². The molecule has 1 aliphatic rings. The molecule has 1 aliphatic heterocycles. The molecule has 0 radical (unpaired) electrons. The van der Waals surface area contributed by atoms with E-state index in [4.69, 9.17) is 4.52 Å². The van der Waals surface area contributed by atoms with E-state index in [1.54, 1.807) is 0 Å². The van der Waals surface area contributed by atoms with Gasteiger partial charge in [-0.1, -0.05) is 40.5 Å². The monoisotopic (exact) mass is 421 g/mol. The summed E-state index contributed by atoms with van der Waals surface area (Å²) in [5, 5.41) is 9.65. The first-order valence-corrected chi connectivity index (χ1v) is 9.79. The van der Waals surface area contributed by atoms with Gasteiger partial charge in [0.05, 0.1) is 6.54 Å². The van der Waals surface area contributed by atoms with Crippen LogP contribution in [0.2, 0.25) is 0 Å². The molecule has 0 aliphatic carbocycles.